The number of carbonyl (C=O) groups excluding carboxylic acids is 2. The molecule has 0 aromatic rings. The number of alkyl halides is 1. The summed E-state index contributed by atoms with van der Waals surface area (Å²) in [6, 6.07) is 0. The third kappa shape index (κ3) is 1.48. The Labute approximate surface area is 151 Å². The molecule has 4 bridgehead atoms. The Morgan fingerprint density at radius 1 is 1.04 bits per heavy atom. The van der Waals surface area contributed by atoms with E-state index in [1.165, 1.54) is 14.2 Å². The molecule has 0 radical (unpaired) electrons. The van der Waals surface area contributed by atoms with Crippen LogP contribution < -0.4 is 0 Å². The Morgan fingerprint density at radius 2 is 1.64 bits per heavy atom. The summed E-state index contributed by atoms with van der Waals surface area (Å²) < 4.78 is 22.9. The second-order valence-corrected chi connectivity index (χ2v) is 7.56. The molecule has 4 aliphatic rings. The van der Waals surface area contributed by atoms with Crippen LogP contribution in [0.3, 0.4) is 0 Å². The van der Waals surface area contributed by atoms with Crippen molar-refractivity contribution < 1.29 is 28.5 Å². The minimum absolute atomic E-state index is 0.421. The molecule has 25 heavy (non-hydrogen) atoms. The van der Waals surface area contributed by atoms with E-state index in [1.54, 1.807) is 6.92 Å². The van der Waals surface area contributed by atoms with Gasteiger partial charge in [0.2, 0.25) is 0 Å². The lowest BCUT2D eigenvalue weighted by Crippen LogP contribution is -2.68. The van der Waals surface area contributed by atoms with Crippen molar-refractivity contribution in [2.24, 2.45) is 10.8 Å². The highest BCUT2D eigenvalue weighted by Gasteiger charge is 2.92. The number of esters is 2. The van der Waals surface area contributed by atoms with Gasteiger partial charge in [-0.1, -0.05) is 24.3 Å². The first-order chi connectivity index (χ1) is 11.9. The van der Waals surface area contributed by atoms with Gasteiger partial charge in [-0.25, -0.2) is 0 Å². The molecule has 2 saturated heterocycles. The quantitative estimate of drug-likeness (QED) is 0.418. The summed E-state index contributed by atoms with van der Waals surface area (Å²) in [6.45, 7) is 1.80. The molecule has 0 spiro atoms. The molecule has 7 heteroatoms. The van der Waals surface area contributed by atoms with Gasteiger partial charge in [-0.15, -0.1) is 11.6 Å². The number of hydrogen-bond donors (Lipinski definition) is 0. The van der Waals surface area contributed by atoms with Crippen LogP contribution in [0.1, 0.15) is 19.8 Å². The van der Waals surface area contributed by atoms with E-state index in [4.69, 9.17) is 30.5 Å². The molecule has 6 atom stereocenters. The lowest BCUT2D eigenvalue weighted by Gasteiger charge is -2.50. The van der Waals surface area contributed by atoms with Crippen molar-refractivity contribution in [3.8, 4) is 0 Å². The van der Waals surface area contributed by atoms with E-state index in [-0.39, 0.29) is 0 Å². The number of hydrogen-bond acceptors (Lipinski definition) is 6. The van der Waals surface area contributed by atoms with Crippen LogP contribution >= 0.6 is 11.6 Å². The minimum atomic E-state index is -1.34. The van der Waals surface area contributed by atoms with Gasteiger partial charge in [0.25, 0.3) is 0 Å². The van der Waals surface area contributed by atoms with Crippen LogP contribution in [0.25, 0.3) is 0 Å². The van der Waals surface area contributed by atoms with E-state index in [0.29, 0.717) is 18.7 Å². The Hall–Kier alpha value is -1.37. The number of halogens is 1. The molecule has 0 unspecified atom stereocenters. The standard InChI is InChI=1S/C18H21ClO6/c1-15-8-5-12(24-15)18(14(21)23-3)16(7-4-10-19)9-6-11(25-16)17(15,18)13(20)22-2/h5-6,8-9,11-12H,4,7,10H2,1-3H3/t11-,12-,15+,16+,17-,18-/m1/s1. The van der Waals surface area contributed by atoms with Gasteiger partial charge in [-0.2, -0.15) is 0 Å². The van der Waals surface area contributed by atoms with Crippen LogP contribution in [0.15, 0.2) is 24.3 Å². The first-order valence-corrected chi connectivity index (χ1v) is 8.91. The third-order valence-corrected chi connectivity index (χ3v) is 6.73. The number of carbonyl (C=O) groups is 2. The normalized spacial score (nSPS) is 48.0. The Morgan fingerprint density at radius 3 is 2.28 bits per heavy atom. The summed E-state index contributed by atoms with van der Waals surface area (Å²) >= 11 is 5.91. The van der Waals surface area contributed by atoms with Crippen molar-refractivity contribution in [1.29, 1.82) is 0 Å². The summed E-state index contributed by atoms with van der Waals surface area (Å²) in [5, 5.41) is 0. The van der Waals surface area contributed by atoms with Crippen LogP contribution in [0, 0.1) is 10.8 Å². The van der Waals surface area contributed by atoms with E-state index < -0.39 is 46.2 Å². The van der Waals surface area contributed by atoms with Crippen LogP contribution in [-0.2, 0) is 28.5 Å². The van der Waals surface area contributed by atoms with Crippen LogP contribution in [-0.4, -0.2) is 55.4 Å². The molecule has 2 fully saturated rings. The number of fused-ring (bicyclic) bond motifs is 9. The number of methoxy groups -OCH3 is 2. The highest BCUT2D eigenvalue weighted by molar-refractivity contribution is 6.17. The van der Waals surface area contributed by atoms with Crippen molar-refractivity contribution in [1.82, 2.24) is 0 Å². The van der Waals surface area contributed by atoms with Gasteiger partial charge < -0.3 is 18.9 Å². The lowest BCUT2D eigenvalue weighted by atomic mass is 9.45. The van der Waals surface area contributed by atoms with Crippen molar-refractivity contribution in [2.45, 2.75) is 43.2 Å². The zero-order chi connectivity index (χ0) is 18.1. The molecule has 4 heterocycles. The number of rotatable bonds is 5. The topological polar surface area (TPSA) is 71.1 Å². The lowest BCUT2D eigenvalue weighted by molar-refractivity contribution is -0.180. The van der Waals surface area contributed by atoms with Crippen LogP contribution in [0.2, 0.25) is 0 Å². The van der Waals surface area contributed by atoms with E-state index >= 15 is 0 Å². The second kappa shape index (κ2) is 5.09. The highest BCUT2D eigenvalue weighted by atomic mass is 35.5. The Balaban J connectivity index is 2.03. The Bertz CT molecular complexity index is 704. The molecule has 0 aromatic heterocycles. The molecule has 0 N–H and O–H groups in total. The summed E-state index contributed by atoms with van der Waals surface area (Å²) in [5.41, 5.74) is -4.70. The maximum atomic E-state index is 13.2. The fraction of sp³-hybridized carbons (Fsp3) is 0.667. The average Bonchev–Trinajstić information content (AvgIpc) is 3.33. The largest absolute Gasteiger partial charge is 0.468 e. The predicted molar refractivity (Wildman–Crippen MR) is 88.0 cm³/mol. The Kier molecular flexibility index (Phi) is 3.47. The van der Waals surface area contributed by atoms with Gasteiger partial charge in [0, 0.05) is 5.88 Å². The van der Waals surface area contributed by atoms with Gasteiger partial charge in [-0.05, 0) is 19.8 Å². The summed E-state index contributed by atoms with van der Waals surface area (Å²) in [5.74, 6) is -0.614. The smallest absolute Gasteiger partial charge is 0.319 e. The van der Waals surface area contributed by atoms with Crippen molar-refractivity contribution in [3.63, 3.8) is 0 Å². The summed E-state index contributed by atoms with van der Waals surface area (Å²) in [4.78, 5) is 26.4. The zero-order valence-electron chi connectivity index (χ0n) is 14.4. The van der Waals surface area contributed by atoms with Crippen molar-refractivity contribution in [2.75, 3.05) is 20.1 Å². The fourth-order valence-electron chi connectivity index (χ4n) is 5.69. The van der Waals surface area contributed by atoms with Gasteiger partial charge >= 0.3 is 11.9 Å². The first kappa shape index (κ1) is 17.1. The summed E-state index contributed by atoms with van der Waals surface area (Å²) in [7, 11) is 2.64. The van der Waals surface area contributed by atoms with Crippen molar-refractivity contribution in [3.05, 3.63) is 24.3 Å². The summed E-state index contributed by atoms with van der Waals surface area (Å²) in [6.07, 6.45) is 7.24. The van der Waals surface area contributed by atoms with Crippen molar-refractivity contribution >= 4 is 23.5 Å². The van der Waals surface area contributed by atoms with Crippen LogP contribution in [0.4, 0.5) is 0 Å². The molecule has 0 amide bonds. The molecule has 4 aliphatic heterocycles. The number of ether oxygens (including phenoxy) is 4. The monoisotopic (exact) mass is 368 g/mol. The molecule has 0 aliphatic carbocycles. The van der Waals surface area contributed by atoms with E-state index in [2.05, 4.69) is 0 Å². The second-order valence-electron chi connectivity index (χ2n) is 7.18. The van der Waals surface area contributed by atoms with Gasteiger partial charge in [0.05, 0.1) is 26.4 Å². The first-order valence-electron chi connectivity index (χ1n) is 8.37. The molecule has 6 nitrogen and oxygen atoms in total. The van der Waals surface area contributed by atoms with Gasteiger partial charge in [0.1, 0.15) is 11.2 Å². The zero-order valence-corrected chi connectivity index (χ0v) is 15.2. The molecule has 136 valence electrons. The fourth-order valence-corrected chi connectivity index (χ4v) is 5.83. The van der Waals surface area contributed by atoms with E-state index in [1.807, 2.05) is 24.3 Å². The van der Waals surface area contributed by atoms with E-state index in [9.17, 15) is 9.59 Å². The maximum absolute atomic E-state index is 13.2. The van der Waals surface area contributed by atoms with Gasteiger partial charge in [0.15, 0.2) is 10.8 Å². The third-order valence-electron chi connectivity index (χ3n) is 6.46. The molecular formula is C18H21ClO6. The minimum Gasteiger partial charge on any atom is -0.468 e. The molecule has 4 rings (SSSR count). The highest BCUT2D eigenvalue weighted by Crippen LogP contribution is 2.76. The van der Waals surface area contributed by atoms with Crippen LogP contribution in [0.5, 0.6) is 0 Å². The molecular weight excluding hydrogens is 348 g/mol. The average molecular weight is 369 g/mol. The maximum Gasteiger partial charge on any atom is 0.319 e. The SMILES string of the molecule is COC(=O)[C@@]12[C@H]3C=C[C@](C)(O3)[C@]1(C(=O)OC)[C@H]1C=C[C@]2(CCCCl)O1. The molecule has 0 aromatic carbocycles. The van der Waals surface area contributed by atoms with E-state index in [0.717, 1.165) is 0 Å². The predicted octanol–water partition coefficient (Wildman–Crippen LogP) is 1.76. The molecule has 0 saturated carbocycles. The van der Waals surface area contributed by atoms with Gasteiger partial charge in [-0.3, -0.25) is 9.59 Å².